The summed E-state index contributed by atoms with van der Waals surface area (Å²) in [6, 6.07) is 9.59. The summed E-state index contributed by atoms with van der Waals surface area (Å²) in [6.07, 6.45) is 11.5. The van der Waals surface area contributed by atoms with E-state index >= 15 is 0 Å². The summed E-state index contributed by atoms with van der Waals surface area (Å²) in [5.41, 5.74) is 2.61. The molecule has 4 bridgehead atoms. The maximum atomic E-state index is 13.4. The molecular weight excluding hydrogens is 498 g/mol. The number of carbonyl (C=O) groups is 2. The van der Waals surface area contributed by atoms with Crippen molar-refractivity contribution in [3.8, 4) is 11.1 Å². The average molecular weight is 536 g/mol. The van der Waals surface area contributed by atoms with Gasteiger partial charge in [0.1, 0.15) is 5.82 Å². The van der Waals surface area contributed by atoms with Gasteiger partial charge in [-0.25, -0.2) is 4.98 Å². The molecule has 1 aromatic heterocycles. The van der Waals surface area contributed by atoms with Crippen molar-refractivity contribution in [3.63, 3.8) is 0 Å². The molecule has 202 valence electrons. The molecule has 1 aliphatic heterocycles. The Bertz CT molecular complexity index is 1180. The number of amides is 1. The summed E-state index contributed by atoms with van der Waals surface area (Å²) in [5.74, 6) is 2.99. The number of aromatic nitrogens is 1. The Morgan fingerprint density at radius 3 is 2.58 bits per heavy atom. The molecule has 5 fully saturated rings. The fraction of sp³-hybridized carbons (Fsp3) is 0.581. The number of benzene rings is 1. The van der Waals surface area contributed by atoms with Crippen molar-refractivity contribution < 1.29 is 14.3 Å². The molecule has 7 heteroatoms. The molecular formula is C31H38ClN3O3. The third-order valence-corrected chi connectivity index (χ3v) is 9.77. The zero-order valence-corrected chi connectivity index (χ0v) is 23.0. The molecule has 1 unspecified atom stereocenters. The first-order chi connectivity index (χ1) is 18.4. The molecule has 5 aliphatic rings. The summed E-state index contributed by atoms with van der Waals surface area (Å²) < 4.78 is 5.29. The normalized spacial score (nSPS) is 29.8. The lowest BCUT2D eigenvalue weighted by atomic mass is 9.49. The molecule has 38 heavy (non-hydrogen) atoms. The number of rotatable bonds is 7. The van der Waals surface area contributed by atoms with Crippen LogP contribution >= 0.6 is 11.6 Å². The standard InChI is InChI=1S/C31H38ClN3O3/c1-2-38-30(37)24-5-4-10-35(18-24)28-25(6-3-9-33-28)23-7-8-27(32)26(14-23)29(36)34-19-31-15-20-11-21(16-31)13-22(12-20)17-31/h3,6-9,14,20-22,24H,2,4-5,10-13,15-19H2,1H3,(H,34,36). The largest absolute Gasteiger partial charge is 0.466 e. The molecule has 1 aromatic carbocycles. The maximum absolute atomic E-state index is 13.4. The van der Waals surface area contributed by atoms with Gasteiger partial charge in [0, 0.05) is 31.4 Å². The lowest BCUT2D eigenvalue weighted by Crippen LogP contribution is -2.51. The summed E-state index contributed by atoms with van der Waals surface area (Å²) in [5, 5.41) is 3.74. The molecule has 1 N–H and O–H groups in total. The Morgan fingerprint density at radius 1 is 1.13 bits per heavy atom. The fourth-order valence-corrected chi connectivity index (χ4v) is 8.44. The SMILES string of the molecule is CCOC(=O)C1CCCN(c2ncccc2-c2ccc(Cl)c(C(=O)NCC34CC5CC(CC(C5)C3)C4)c2)C1. The van der Waals surface area contributed by atoms with E-state index in [1.807, 2.05) is 37.3 Å². The number of nitrogens with one attached hydrogen (secondary N) is 1. The van der Waals surface area contributed by atoms with Gasteiger partial charge in [-0.3, -0.25) is 9.59 Å². The van der Waals surface area contributed by atoms with Crippen LogP contribution in [0, 0.1) is 29.1 Å². The quantitative estimate of drug-likeness (QED) is 0.432. The number of pyridine rings is 1. The van der Waals surface area contributed by atoms with Crippen molar-refractivity contribution in [2.24, 2.45) is 29.1 Å². The molecule has 2 heterocycles. The van der Waals surface area contributed by atoms with E-state index in [0.717, 1.165) is 60.6 Å². The topological polar surface area (TPSA) is 71.5 Å². The Kier molecular flexibility index (Phi) is 7.10. The Hall–Kier alpha value is -2.60. The zero-order valence-electron chi connectivity index (χ0n) is 22.3. The van der Waals surface area contributed by atoms with Crippen LogP contribution in [0.5, 0.6) is 0 Å². The highest BCUT2D eigenvalue weighted by molar-refractivity contribution is 6.34. The highest BCUT2D eigenvalue weighted by Gasteiger charge is 2.50. The summed E-state index contributed by atoms with van der Waals surface area (Å²) in [7, 11) is 0. The Balaban J connectivity index is 1.20. The van der Waals surface area contributed by atoms with Gasteiger partial charge >= 0.3 is 5.97 Å². The van der Waals surface area contributed by atoms with E-state index in [2.05, 4.69) is 10.2 Å². The molecule has 7 rings (SSSR count). The van der Waals surface area contributed by atoms with Crippen molar-refractivity contribution in [2.45, 2.75) is 58.3 Å². The van der Waals surface area contributed by atoms with Crippen LogP contribution in [0.3, 0.4) is 0 Å². The summed E-state index contributed by atoms with van der Waals surface area (Å²) >= 11 is 6.57. The van der Waals surface area contributed by atoms with E-state index < -0.39 is 0 Å². The van der Waals surface area contributed by atoms with E-state index in [4.69, 9.17) is 21.3 Å². The van der Waals surface area contributed by atoms with Crippen molar-refractivity contribution >= 4 is 29.3 Å². The van der Waals surface area contributed by atoms with Crippen LogP contribution in [-0.4, -0.2) is 43.1 Å². The highest BCUT2D eigenvalue weighted by Crippen LogP contribution is 2.59. The number of hydrogen-bond acceptors (Lipinski definition) is 5. The number of nitrogens with zero attached hydrogens (tertiary/aromatic N) is 2. The minimum absolute atomic E-state index is 0.0987. The monoisotopic (exact) mass is 535 g/mol. The first-order valence-electron chi connectivity index (χ1n) is 14.4. The maximum Gasteiger partial charge on any atom is 0.310 e. The molecule has 0 spiro atoms. The number of esters is 1. The van der Waals surface area contributed by atoms with Gasteiger partial charge in [-0.2, -0.15) is 0 Å². The van der Waals surface area contributed by atoms with Crippen LogP contribution in [0.15, 0.2) is 36.5 Å². The second-order valence-corrected chi connectivity index (χ2v) is 12.6. The van der Waals surface area contributed by atoms with Gasteiger partial charge in [0.05, 0.1) is 23.1 Å². The Morgan fingerprint density at radius 2 is 1.87 bits per heavy atom. The smallest absolute Gasteiger partial charge is 0.310 e. The number of halogens is 1. The van der Waals surface area contributed by atoms with Gasteiger partial charge in [0.15, 0.2) is 0 Å². The van der Waals surface area contributed by atoms with Gasteiger partial charge < -0.3 is 15.0 Å². The highest BCUT2D eigenvalue weighted by atomic mass is 35.5. The van der Waals surface area contributed by atoms with Crippen molar-refractivity contribution in [3.05, 3.63) is 47.1 Å². The van der Waals surface area contributed by atoms with E-state index in [-0.39, 0.29) is 23.2 Å². The number of anilines is 1. The van der Waals surface area contributed by atoms with Crippen LogP contribution < -0.4 is 10.2 Å². The minimum Gasteiger partial charge on any atom is -0.466 e. The molecule has 0 radical (unpaired) electrons. The molecule has 1 amide bonds. The van der Waals surface area contributed by atoms with E-state index in [9.17, 15) is 9.59 Å². The molecule has 2 aromatic rings. The van der Waals surface area contributed by atoms with E-state index in [1.165, 1.54) is 38.5 Å². The molecule has 6 nitrogen and oxygen atoms in total. The van der Waals surface area contributed by atoms with Crippen molar-refractivity contribution in [2.75, 3.05) is 31.1 Å². The van der Waals surface area contributed by atoms with Crippen LogP contribution in [-0.2, 0) is 9.53 Å². The third kappa shape index (κ3) is 5.04. The number of piperidine rings is 1. The first kappa shape index (κ1) is 25.7. The molecule has 1 saturated heterocycles. The van der Waals surface area contributed by atoms with E-state index in [0.29, 0.717) is 23.7 Å². The lowest BCUT2D eigenvalue weighted by Gasteiger charge is -2.56. The average Bonchev–Trinajstić information content (AvgIpc) is 2.91. The molecule has 1 atom stereocenters. The van der Waals surface area contributed by atoms with Crippen LogP contribution in [0.2, 0.25) is 5.02 Å². The summed E-state index contributed by atoms with van der Waals surface area (Å²) in [6.45, 7) is 4.38. The number of ether oxygens (including phenoxy) is 1. The fourth-order valence-electron chi connectivity index (χ4n) is 8.23. The molecule has 4 saturated carbocycles. The third-order valence-electron chi connectivity index (χ3n) is 9.44. The first-order valence-corrected chi connectivity index (χ1v) is 14.8. The number of hydrogen-bond donors (Lipinski definition) is 1. The predicted octanol–water partition coefficient (Wildman–Crippen LogP) is 6.13. The van der Waals surface area contributed by atoms with Crippen LogP contribution in [0.1, 0.15) is 68.6 Å². The molecule has 4 aliphatic carbocycles. The number of carbonyl (C=O) groups excluding carboxylic acids is 2. The zero-order chi connectivity index (χ0) is 26.3. The van der Waals surface area contributed by atoms with Crippen molar-refractivity contribution in [1.29, 1.82) is 0 Å². The van der Waals surface area contributed by atoms with Gasteiger partial charge in [0.25, 0.3) is 5.91 Å². The van der Waals surface area contributed by atoms with Gasteiger partial charge in [0.2, 0.25) is 0 Å². The van der Waals surface area contributed by atoms with Gasteiger partial charge in [-0.05, 0) is 111 Å². The van der Waals surface area contributed by atoms with Crippen molar-refractivity contribution in [1.82, 2.24) is 10.3 Å². The van der Waals surface area contributed by atoms with Gasteiger partial charge in [-0.15, -0.1) is 0 Å². The second kappa shape index (κ2) is 10.5. The second-order valence-electron chi connectivity index (χ2n) is 12.2. The predicted molar refractivity (Wildman–Crippen MR) is 149 cm³/mol. The van der Waals surface area contributed by atoms with Crippen LogP contribution in [0.25, 0.3) is 11.1 Å². The van der Waals surface area contributed by atoms with Crippen LogP contribution in [0.4, 0.5) is 5.82 Å². The summed E-state index contributed by atoms with van der Waals surface area (Å²) in [4.78, 5) is 32.7. The Labute approximate surface area is 230 Å². The van der Waals surface area contributed by atoms with Gasteiger partial charge in [-0.1, -0.05) is 17.7 Å². The minimum atomic E-state index is -0.158. The lowest BCUT2D eigenvalue weighted by molar-refractivity contribution is -0.148. The van der Waals surface area contributed by atoms with E-state index in [1.54, 1.807) is 6.20 Å².